The van der Waals surface area contributed by atoms with Crippen molar-refractivity contribution in [1.82, 2.24) is 0 Å². The lowest BCUT2D eigenvalue weighted by Gasteiger charge is -2.41. The van der Waals surface area contributed by atoms with Crippen molar-refractivity contribution in [3.8, 4) is 0 Å². The van der Waals surface area contributed by atoms with E-state index in [2.05, 4.69) is 0 Å². The molecule has 1 saturated carbocycles. The van der Waals surface area contributed by atoms with Crippen LogP contribution < -0.4 is 4.31 Å². The van der Waals surface area contributed by atoms with E-state index in [0.29, 0.717) is 18.7 Å². The third-order valence-electron chi connectivity index (χ3n) is 4.66. The zero-order valence-electron chi connectivity index (χ0n) is 12.4. The molecule has 1 heterocycles. The largest absolute Gasteiger partial charge is 0.478 e. The fourth-order valence-electron chi connectivity index (χ4n) is 3.18. The van der Waals surface area contributed by atoms with Gasteiger partial charge in [0.1, 0.15) is 0 Å². The Morgan fingerprint density at radius 3 is 2.68 bits per heavy atom. The Morgan fingerprint density at radius 1 is 1.41 bits per heavy atom. The summed E-state index contributed by atoms with van der Waals surface area (Å²) in [6.45, 7) is 0.362. The van der Waals surface area contributed by atoms with Crippen LogP contribution in [0, 0.1) is 0 Å². The van der Waals surface area contributed by atoms with E-state index in [4.69, 9.17) is 9.84 Å². The van der Waals surface area contributed by atoms with Gasteiger partial charge in [0.2, 0.25) is 10.0 Å². The smallest absolute Gasteiger partial charge is 0.335 e. The highest BCUT2D eigenvalue weighted by atomic mass is 32.2. The monoisotopic (exact) mass is 325 g/mol. The van der Waals surface area contributed by atoms with Crippen LogP contribution in [0.1, 0.15) is 35.2 Å². The van der Waals surface area contributed by atoms with Crippen molar-refractivity contribution in [3.63, 3.8) is 0 Å². The number of carboxylic acids is 1. The molecule has 0 amide bonds. The highest BCUT2D eigenvalue weighted by molar-refractivity contribution is 7.92. The number of methoxy groups -OCH3 is 1. The molecule has 7 heteroatoms. The van der Waals surface area contributed by atoms with Gasteiger partial charge in [0.25, 0.3) is 0 Å². The van der Waals surface area contributed by atoms with Crippen molar-refractivity contribution in [2.75, 3.05) is 23.7 Å². The topological polar surface area (TPSA) is 83.9 Å². The van der Waals surface area contributed by atoms with E-state index in [0.717, 1.165) is 24.8 Å². The Balaban J connectivity index is 1.87. The molecule has 22 heavy (non-hydrogen) atoms. The van der Waals surface area contributed by atoms with E-state index < -0.39 is 21.6 Å². The molecular weight excluding hydrogens is 306 g/mol. The molecule has 1 aromatic rings. The first-order valence-corrected chi connectivity index (χ1v) is 8.90. The zero-order valence-corrected chi connectivity index (χ0v) is 13.2. The number of aromatic carboxylic acids is 1. The van der Waals surface area contributed by atoms with Gasteiger partial charge < -0.3 is 9.84 Å². The van der Waals surface area contributed by atoms with Gasteiger partial charge in [-0.1, -0.05) is 0 Å². The van der Waals surface area contributed by atoms with Crippen molar-refractivity contribution in [2.45, 2.75) is 31.3 Å². The van der Waals surface area contributed by atoms with E-state index in [1.54, 1.807) is 19.2 Å². The SMILES string of the molecule is COC1(CS(=O)(=O)N2CCc3cc(C(=O)O)ccc32)CCC1. The van der Waals surface area contributed by atoms with Gasteiger partial charge in [-0.25, -0.2) is 13.2 Å². The minimum absolute atomic E-state index is 0.0172. The number of carboxylic acid groups (broad SMARTS) is 1. The molecule has 1 aliphatic heterocycles. The number of hydrogen-bond acceptors (Lipinski definition) is 4. The molecule has 0 saturated heterocycles. The minimum Gasteiger partial charge on any atom is -0.478 e. The number of benzene rings is 1. The number of ether oxygens (including phenoxy) is 1. The molecule has 0 aromatic heterocycles. The Kier molecular flexibility index (Phi) is 3.65. The van der Waals surface area contributed by atoms with Crippen LogP contribution >= 0.6 is 0 Å². The maximum atomic E-state index is 12.7. The van der Waals surface area contributed by atoms with Crippen LogP contribution in [0.25, 0.3) is 0 Å². The summed E-state index contributed by atoms with van der Waals surface area (Å²) < 4.78 is 32.2. The van der Waals surface area contributed by atoms with Gasteiger partial charge in [-0.2, -0.15) is 0 Å². The van der Waals surface area contributed by atoms with Gasteiger partial charge in [-0.15, -0.1) is 0 Å². The second-order valence-corrected chi connectivity index (χ2v) is 7.86. The lowest BCUT2D eigenvalue weighted by Crippen LogP contribution is -2.49. The van der Waals surface area contributed by atoms with Crippen LogP contribution in [0.15, 0.2) is 18.2 Å². The standard InChI is InChI=1S/C15H19NO5S/c1-21-15(6-2-7-15)10-22(19,20)16-8-5-11-9-12(14(17)18)3-4-13(11)16/h3-4,9H,2,5-8,10H2,1H3,(H,17,18). The summed E-state index contributed by atoms with van der Waals surface area (Å²) in [5.74, 6) is -1.02. The molecule has 1 aliphatic carbocycles. The predicted molar refractivity (Wildman–Crippen MR) is 81.8 cm³/mol. The van der Waals surface area contributed by atoms with E-state index >= 15 is 0 Å². The highest BCUT2D eigenvalue weighted by Crippen LogP contribution is 2.39. The fourth-order valence-corrected chi connectivity index (χ4v) is 5.26. The minimum atomic E-state index is -3.48. The van der Waals surface area contributed by atoms with E-state index in [9.17, 15) is 13.2 Å². The van der Waals surface area contributed by atoms with Crippen LogP contribution in [-0.2, 0) is 21.2 Å². The molecule has 3 rings (SSSR count). The quantitative estimate of drug-likeness (QED) is 0.890. The van der Waals surface area contributed by atoms with Gasteiger partial charge in [-0.05, 0) is 49.4 Å². The average Bonchev–Trinajstić information content (AvgIpc) is 2.86. The third-order valence-corrected chi connectivity index (χ3v) is 6.60. The van der Waals surface area contributed by atoms with Gasteiger partial charge >= 0.3 is 5.97 Å². The molecule has 2 aliphatic rings. The van der Waals surface area contributed by atoms with E-state index in [-0.39, 0.29) is 11.3 Å². The third kappa shape index (κ3) is 2.48. The number of hydrogen-bond donors (Lipinski definition) is 1. The Labute approximate surface area is 129 Å². The lowest BCUT2D eigenvalue weighted by atomic mass is 9.82. The predicted octanol–water partition coefficient (Wildman–Crippen LogP) is 1.65. The second kappa shape index (κ2) is 5.24. The summed E-state index contributed by atoms with van der Waals surface area (Å²) >= 11 is 0. The first-order chi connectivity index (χ1) is 10.4. The summed E-state index contributed by atoms with van der Waals surface area (Å²) in [6, 6.07) is 4.59. The highest BCUT2D eigenvalue weighted by Gasteiger charge is 2.44. The number of sulfonamides is 1. The summed E-state index contributed by atoms with van der Waals surface area (Å²) in [6.07, 6.45) is 3.06. The molecule has 120 valence electrons. The molecule has 0 unspecified atom stereocenters. The van der Waals surface area contributed by atoms with Crippen molar-refractivity contribution in [2.24, 2.45) is 0 Å². The normalized spacial score (nSPS) is 19.6. The van der Waals surface area contributed by atoms with Gasteiger partial charge in [-0.3, -0.25) is 4.31 Å². The second-order valence-electron chi connectivity index (χ2n) is 5.97. The van der Waals surface area contributed by atoms with Crippen molar-refractivity contribution in [3.05, 3.63) is 29.3 Å². The Bertz CT molecular complexity index is 703. The fraction of sp³-hybridized carbons (Fsp3) is 0.533. The maximum Gasteiger partial charge on any atom is 0.335 e. The molecule has 0 atom stereocenters. The van der Waals surface area contributed by atoms with Crippen LogP contribution in [0.2, 0.25) is 0 Å². The molecule has 6 nitrogen and oxygen atoms in total. The summed E-state index contributed by atoms with van der Waals surface area (Å²) in [5.41, 5.74) is 0.993. The maximum absolute atomic E-state index is 12.7. The first kappa shape index (κ1) is 15.3. The number of anilines is 1. The summed E-state index contributed by atoms with van der Waals surface area (Å²) in [5, 5.41) is 9.02. The van der Waals surface area contributed by atoms with E-state index in [1.807, 2.05) is 0 Å². The lowest BCUT2D eigenvalue weighted by molar-refractivity contribution is -0.0525. The van der Waals surface area contributed by atoms with Gasteiger partial charge in [0, 0.05) is 13.7 Å². The molecule has 0 spiro atoms. The molecule has 1 N–H and O–H groups in total. The van der Waals surface area contributed by atoms with Gasteiger partial charge in [0.15, 0.2) is 0 Å². The van der Waals surface area contributed by atoms with Crippen LogP contribution in [-0.4, -0.2) is 44.5 Å². The molecule has 1 fully saturated rings. The Morgan fingerprint density at radius 2 is 2.14 bits per heavy atom. The number of carbonyl (C=O) groups is 1. The van der Waals surface area contributed by atoms with Crippen LogP contribution in [0.4, 0.5) is 5.69 Å². The van der Waals surface area contributed by atoms with Gasteiger partial charge in [0.05, 0.1) is 22.6 Å². The number of rotatable bonds is 5. The number of nitrogens with zero attached hydrogens (tertiary/aromatic N) is 1. The first-order valence-electron chi connectivity index (χ1n) is 7.29. The molecule has 0 radical (unpaired) electrons. The van der Waals surface area contributed by atoms with Crippen LogP contribution in [0.5, 0.6) is 0 Å². The van der Waals surface area contributed by atoms with E-state index in [1.165, 1.54) is 10.4 Å². The molecule has 1 aromatic carbocycles. The van der Waals surface area contributed by atoms with Crippen molar-refractivity contribution in [1.29, 1.82) is 0 Å². The zero-order chi connectivity index (χ0) is 16.0. The Hall–Kier alpha value is -1.60. The summed E-state index contributed by atoms with van der Waals surface area (Å²) in [4.78, 5) is 11.0. The van der Waals surface area contributed by atoms with Crippen LogP contribution in [0.3, 0.4) is 0 Å². The van der Waals surface area contributed by atoms with Crippen molar-refractivity contribution >= 4 is 21.7 Å². The molecule has 0 bridgehead atoms. The average molecular weight is 325 g/mol. The number of fused-ring (bicyclic) bond motifs is 1. The molecular formula is C15H19NO5S. The van der Waals surface area contributed by atoms with Crippen molar-refractivity contribution < 1.29 is 23.1 Å². The summed E-state index contributed by atoms with van der Waals surface area (Å²) in [7, 11) is -1.91.